The number of aromatic amines is 1. The van der Waals surface area contributed by atoms with Gasteiger partial charge in [0.2, 0.25) is 0 Å². The Labute approximate surface area is 179 Å². The van der Waals surface area contributed by atoms with Crippen LogP contribution in [0.1, 0.15) is 27.4 Å². The van der Waals surface area contributed by atoms with Crippen molar-refractivity contribution in [1.29, 1.82) is 0 Å². The van der Waals surface area contributed by atoms with Crippen molar-refractivity contribution in [3.05, 3.63) is 89.5 Å². The topological polar surface area (TPSA) is 99.2 Å². The molecule has 2 aromatic carbocycles. The Morgan fingerprint density at radius 1 is 1.00 bits per heavy atom. The number of fused-ring (bicyclic) bond motifs is 1. The zero-order valence-electron chi connectivity index (χ0n) is 17.2. The number of hydrogen-bond donors (Lipinski definition) is 4. The van der Waals surface area contributed by atoms with Gasteiger partial charge in [0.1, 0.15) is 0 Å². The molecule has 4 rings (SSSR count). The summed E-state index contributed by atoms with van der Waals surface area (Å²) in [5, 5.41) is 9.72. The van der Waals surface area contributed by atoms with E-state index in [4.69, 9.17) is 4.42 Å². The fourth-order valence-corrected chi connectivity index (χ4v) is 3.56. The molecule has 0 bridgehead atoms. The van der Waals surface area contributed by atoms with Crippen molar-refractivity contribution >= 4 is 28.5 Å². The van der Waals surface area contributed by atoms with Crippen molar-refractivity contribution in [2.75, 3.05) is 11.9 Å². The molecular weight excluding hydrogens is 392 g/mol. The van der Waals surface area contributed by atoms with Crippen molar-refractivity contribution < 1.29 is 14.0 Å². The highest BCUT2D eigenvalue weighted by molar-refractivity contribution is 6.02. The van der Waals surface area contributed by atoms with Crippen LogP contribution < -0.4 is 16.0 Å². The minimum atomic E-state index is -0.319. The van der Waals surface area contributed by atoms with Crippen molar-refractivity contribution in [1.82, 2.24) is 15.6 Å². The van der Waals surface area contributed by atoms with Gasteiger partial charge in [-0.2, -0.15) is 0 Å². The molecule has 2 aromatic heterocycles. The Balaban J connectivity index is 1.26. The number of anilines is 1. The third kappa shape index (κ3) is 4.95. The van der Waals surface area contributed by atoms with Gasteiger partial charge in [-0.05, 0) is 54.8 Å². The number of nitrogens with one attached hydrogen (secondary N) is 4. The molecule has 31 heavy (non-hydrogen) atoms. The van der Waals surface area contributed by atoms with Crippen LogP contribution in [0.5, 0.6) is 0 Å². The summed E-state index contributed by atoms with van der Waals surface area (Å²) in [5.74, 6) is -0.0752. The fraction of sp³-hybridized carbons (Fsp3) is 0.167. The lowest BCUT2D eigenvalue weighted by Gasteiger charge is -2.09. The summed E-state index contributed by atoms with van der Waals surface area (Å²) in [5.41, 5.74) is 4.96. The number of furan rings is 1. The number of benzene rings is 2. The number of aryl methyl sites for hydroxylation is 1. The first-order chi connectivity index (χ1) is 15.1. The van der Waals surface area contributed by atoms with E-state index in [-0.39, 0.29) is 17.7 Å². The Bertz CT molecular complexity index is 1190. The predicted molar refractivity (Wildman–Crippen MR) is 120 cm³/mol. The summed E-state index contributed by atoms with van der Waals surface area (Å²) in [4.78, 5) is 27.7. The number of aromatic nitrogens is 1. The van der Waals surface area contributed by atoms with E-state index in [1.807, 2.05) is 37.3 Å². The Kier molecular flexibility index (Phi) is 6.03. The number of H-pyrrole nitrogens is 1. The molecule has 7 heteroatoms. The van der Waals surface area contributed by atoms with Crippen LogP contribution in [0.25, 0.3) is 10.9 Å². The second kappa shape index (κ2) is 9.21. The van der Waals surface area contributed by atoms with Crippen LogP contribution in [-0.4, -0.2) is 23.5 Å². The number of amides is 3. The monoisotopic (exact) mass is 416 g/mol. The second-order valence-corrected chi connectivity index (χ2v) is 7.27. The van der Waals surface area contributed by atoms with E-state index in [1.54, 1.807) is 18.2 Å². The summed E-state index contributed by atoms with van der Waals surface area (Å²) in [6, 6.07) is 18.5. The van der Waals surface area contributed by atoms with E-state index in [0.717, 1.165) is 23.2 Å². The first-order valence-corrected chi connectivity index (χ1v) is 10.1. The summed E-state index contributed by atoms with van der Waals surface area (Å²) in [6.07, 6.45) is 2.20. The molecule has 0 aliphatic carbocycles. The van der Waals surface area contributed by atoms with Gasteiger partial charge in [0.25, 0.3) is 5.91 Å². The maximum atomic E-state index is 12.2. The minimum absolute atomic E-state index is 0.234. The maximum Gasteiger partial charge on any atom is 0.315 e. The third-order valence-corrected chi connectivity index (χ3v) is 5.07. The lowest BCUT2D eigenvalue weighted by molar-refractivity contribution is 0.0996. The molecule has 0 aliphatic rings. The lowest BCUT2D eigenvalue weighted by Crippen LogP contribution is -2.36. The Morgan fingerprint density at radius 2 is 1.87 bits per heavy atom. The highest BCUT2D eigenvalue weighted by atomic mass is 16.3. The Hall–Kier alpha value is -4.00. The van der Waals surface area contributed by atoms with Crippen LogP contribution in [0.2, 0.25) is 0 Å². The molecular formula is C24H24N4O3. The number of para-hydroxylation sites is 1. The van der Waals surface area contributed by atoms with Gasteiger partial charge in [0.15, 0.2) is 5.76 Å². The Morgan fingerprint density at radius 3 is 2.71 bits per heavy atom. The van der Waals surface area contributed by atoms with Crippen molar-refractivity contribution in [3.8, 4) is 0 Å². The van der Waals surface area contributed by atoms with E-state index < -0.39 is 0 Å². The zero-order valence-corrected chi connectivity index (χ0v) is 17.2. The summed E-state index contributed by atoms with van der Waals surface area (Å²) in [7, 11) is 0. The highest BCUT2D eigenvalue weighted by Gasteiger charge is 2.10. The second-order valence-electron chi connectivity index (χ2n) is 7.27. The molecule has 0 saturated carbocycles. The van der Waals surface area contributed by atoms with Crippen LogP contribution in [-0.2, 0) is 13.0 Å². The first-order valence-electron chi connectivity index (χ1n) is 10.1. The van der Waals surface area contributed by atoms with Gasteiger partial charge in [-0.1, -0.05) is 30.3 Å². The molecule has 4 N–H and O–H groups in total. The molecule has 0 saturated heterocycles. The van der Waals surface area contributed by atoms with Crippen molar-refractivity contribution in [2.24, 2.45) is 0 Å². The average Bonchev–Trinajstić information content (AvgIpc) is 3.41. The lowest BCUT2D eigenvalue weighted by atomic mass is 10.1. The van der Waals surface area contributed by atoms with Gasteiger partial charge in [0.05, 0.1) is 6.26 Å². The maximum absolute atomic E-state index is 12.2. The molecule has 4 aromatic rings. The number of hydrogen-bond acceptors (Lipinski definition) is 3. The van der Waals surface area contributed by atoms with Gasteiger partial charge in [-0.3, -0.25) is 4.79 Å². The van der Waals surface area contributed by atoms with Crippen molar-refractivity contribution in [2.45, 2.75) is 19.9 Å². The van der Waals surface area contributed by atoms with Gasteiger partial charge >= 0.3 is 6.03 Å². The first kappa shape index (κ1) is 20.3. The molecule has 0 radical (unpaired) electrons. The molecule has 3 amide bonds. The molecule has 0 aliphatic heterocycles. The summed E-state index contributed by atoms with van der Waals surface area (Å²) >= 11 is 0. The standard InChI is InChI=1S/C24H24N4O3/c1-16-19(20-8-2-3-9-21(20)27-16)11-12-25-24(30)26-15-17-6-4-7-18(14-17)28-23(29)22-10-5-13-31-22/h2-10,13-14,27H,11-12,15H2,1H3,(H,28,29)(H2,25,26,30). The number of carbonyl (C=O) groups excluding carboxylic acids is 2. The number of carbonyl (C=O) groups is 2. The molecule has 158 valence electrons. The van der Waals surface area contributed by atoms with Crippen LogP contribution in [0.3, 0.4) is 0 Å². The van der Waals surface area contributed by atoms with Gasteiger partial charge in [-0.15, -0.1) is 0 Å². The minimum Gasteiger partial charge on any atom is -0.459 e. The van der Waals surface area contributed by atoms with E-state index in [9.17, 15) is 9.59 Å². The zero-order chi connectivity index (χ0) is 21.6. The van der Waals surface area contributed by atoms with E-state index >= 15 is 0 Å². The molecule has 0 atom stereocenters. The quantitative estimate of drug-likeness (QED) is 0.360. The molecule has 0 fully saturated rings. The van der Waals surface area contributed by atoms with Gasteiger partial charge < -0.3 is 25.4 Å². The van der Waals surface area contributed by atoms with Crippen molar-refractivity contribution in [3.63, 3.8) is 0 Å². The van der Waals surface area contributed by atoms with Crippen LogP contribution in [0.4, 0.5) is 10.5 Å². The van der Waals surface area contributed by atoms with E-state index in [2.05, 4.69) is 33.1 Å². The third-order valence-electron chi connectivity index (χ3n) is 5.07. The van der Waals surface area contributed by atoms with Crippen LogP contribution in [0, 0.1) is 6.92 Å². The largest absolute Gasteiger partial charge is 0.459 e. The average molecular weight is 416 g/mol. The normalized spacial score (nSPS) is 10.7. The fourth-order valence-electron chi connectivity index (χ4n) is 3.56. The summed E-state index contributed by atoms with van der Waals surface area (Å²) in [6.45, 7) is 2.93. The smallest absolute Gasteiger partial charge is 0.315 e. The SMILES string of the molecule is Cc1[nH]c2ccccc2c1CCNC(=O)NCc1cccc(NC(=O)c2ccco2)c1. The highest BCUT2D eigenvalue weighted by Crippen LogP contribution is 2.21. The molecule has 2 heterocycles. The number of urea groups is 1. The van der Waals surface area contributed by atoms with Gasteiger partial charge in [0, 0.05) is 35.4 Å². The van der Waals surface area contributed by atoms with Crippen LogP contribution >= 0.6 is 0 Å². The summed E-state index contributed by atoms with van der Waals surface area (Å²) < 4.78 is 5.09. The van der Waals surface area contributed by atoms with Gasteiger partial charge in [-0.25, -0.2) is 4.79 Å². The number of rotatable bonds is 7. The predicted octanol–water partition coefficient (Wildman–Crippen LogP) is 4.36. The van der Waals surface area contributed by atoms with Crippen LogP contribution in [0.15, 0.2) is 71.3 Å². The van der Waals surface area contributed by atoms with E-state index in [0.29, 0.717) is 18.8 Å². The van der Waals surface area contributed by atoms with E-state index in [1.165, 1.54) is 17.2 Å². The molecule has 0 spiro atoms. The molecule has 0 unspecified atom stereocenters. The molecule has 7 nitrogen and oxygen atoms in total.